The van der Waals surface area contributed by atoms with Crippen LogP contribution in [0, 0.1) is 13.8 Å². The Kier molecular flexibility index (Phi) is 4.38. The Morgan fingerprint density at radius 3 is 2.12 bits per heavy atom. The van der Waals surface area contributed by atoms with Gasteiger partial charge in [0.1, 0.15) is 11.0 Å². The van der Waals surface area contributed by atoms with E-state index in [1.807, 2.05) is 13.8 Å². The molecular weight excluding hydrogens is 232 g/mol. The Morgan fingerprint density at radius 2 is 1.53 bits per heavy atom. The van der Waals surface area contributed by atoms with Gasteiger partial charge in [0, 0.05) is 17.2 Å². The minimum atomic E-state index is 0.520. The van der Waals surface area contributed by atoms with Crippen molar-refractivity contribution >= 4 is 11.6 Å². The lowest BCUT2D eigenvalue weighted by atomic mass is 9.90. The number of hydrogen-bond donors (Lipinski definition) is 0. The van der Waals surface area contributed by atoms with Crippen molar-refractivity contribution in [2.24, 2.45) is 0 Å². The van der Waals surface area contributed by atoms with Crippen molar-refractivity contribution in [1.29, 1.82) is 0 Å². The van der Waals surface area contributed by atoms with Crippen molar-refractivity contribution in [2.45, 2.75) is 64.7 Å². The molecule has 0 aromatic carbocycles. The van der Waals surface area contributed by atoms with Gasteiger partial charge >= 0.3 is 0 Å². The van der Waals surface area contributed by atoms with Crippen LogP contribution in [0.3, 0.4) is 0 Å². The van der Waals surface area contributed by atoms with Gasteiger partial charge in [-0.2, -0.15) is 0 Å². The summed E-state index contributed by atoms with van der Waals surface area (Å²) < 4.78 is 0. The van der Waals surface area contributed by atoms with Crippen LogP contribution >= 0.6 is 11.6 Å². The average molecular weight is 253 g/mol. The van der Waals surface area contributed by atoms with Gasteiger partial charge in [-0.05, 0) is 26.7 Å². The molecule has 0 saturated heterocycles. The van der Waals surface area contributed by atoms with Gasteiger partial charge in [0.2, 0.25) is 0 Å². The van der Waals surface area contributed by atoms with Gasteiger partial charge < -0.3 is 0 Å². The summed E-state index contributed by atoms with van der Waals surface area (Å²) in [5.74, 6) is 1.49. The molecule has 0 atom stereocenters. The van der Waals surface area contributed by atoms with Crippen LogP contribution < -0.4 is 0 Å². The van der Waals surface area contributed by atoms with Gasteiger partial charge in [-0.25, -0.2) is 9.97 Å². The van der Waals surface area contributed by atoms with Crippen LogP contribution in [0.15, 0.2) is 0 Å². The zero-order chi connectivity index (χ0) is 12.3. The van der Waals surface area contributed by atoms with Crippen LogP contribution in [0.1, 0.15) is 67.9 Å². The normalized spacial score (nSPS) is 18.8. The third kappa shape index (κ3) is 3.19. The predicted molar refractivity (Wildman–Crippen MR) is 71.6 cm³/mol. The van der Waals surface area contributed by atoms with Crippen molar-refractivity contribution in [3.63, 3.8) is 0 Å². The number of aromatic nitrogens is 2. The maximum Gasteiger partial charge on any atom is 0.135 e. The molecule has 2 nitrogen and oxygen atoms in total. The number of hydrogen-bond acceptors (Lipinski definition) is 2. The Hall–Kier alpha value is -0.630. The highest BCUT2D eigenvalue weighted by Gasteiger charge is 2.18. The van der Waals surface area contributed by atoms with E-state index in [2.05, 4.69) is 9.97 Å². The molecule has 1 saturated carbocycles. The monoisotopic (exact) mass is 252 g/mol. The minimum Gasteiger partial charge on any atom is -0.238 e. The van der Waals surface area contributed by atoms with Gasteiger partial charge in [0.15, 0.2) is 0 Å². The summed E-state index contributed by atoms with van der Waals surface area (Å²) in [6.45, 7) is 4.01. The fourth-order valence-corrected chi connectivity index (χ4v) is 2.73. The van der Waals surface area contributed by atoms with Gasteiger partial charge in [-0.15, -0.1) is 0 Å². The molecule has 1 aliphatic carbocycles. The van der Waals surface area contributed by atoms with Crippen molar-refractivity contribution < 1.29 is 0 Å². The van der Waals surface area contributed by atoms with E-state index in [1.54, 1.807) is 0 Å². The fraction of sp³-hybridized carbons (Fsp3) is 0.714. The molecule has 0 bridgehead atoms. The van der Waals surface area contributed by atoms with Gasteiger partial charge in [-0.3, -0.25) is 0 Å². The van der Waals surface area contributed by atoms with Crippen LogP contribution in [0.4, 0.5) is 0 Å². The standard InChI is InChI=1S/C14H21ClN2/c1-10-11(2)16-14(17-13(10)15)12-8-6-4-3-5-7-9-12/h12H,3-9H2,1-2H3. The summed E-state index contributed by atoms with van der Waals surface area (Å²) in [6, 6.07) is 0. The van der Waals surface area contributed by atoms with E-state index in [0.717, 1.165) is 17.1 Å². The molecule has 94 valence electrons. The first-order valence-corrected chi connectivity index (χ1v) is 7.07. The number of nitrogens with zero attached hydrogens (tertiary/aromatic N) is 2. The average Bonchev–Trinajstić information content (AvgIpc) is 2.25. The molecule has 17 heavy (non-hydrogen) atoms. The highest BCUT2D eigenvalue weighted by Crippen LogP contribution is 2.30. The van der Waals surface area contributed by atoms with Crippen LogP contribution in [0.2, 0.25) is 5.15 Å². The molecule has 0 radical (unpaired) electrons. The minimum absolute atomic E-state index is 0.520. The molecule has 0 amide bonds. The van der Waals surface area contributed by atoms with E-state index in [1.165, 1.54) is 44.9 Å². The summed E-state index contributed by atoms with van der Waals surface area (Å²) in [7, 11) is 0. The molecular formula is C14H21ClN2. The second kappa shape index (κ2) is 5.81. The molecule has 3 heteroatoms. The molecule has 1 aliphatic rings. The summed E-state index contributed by atoms with van der Waals surface area (Å²) in [5, 5.41) is 0.634. The molecule has 0 unspecified atom stereocenters. The quantitative estimate of drug-likeness (QED) is 0.684. The van der Waals surface area contributed by atoms with Gasteiger partial charge in [0.25, 0.3) is 0 Å². The Morgan fingerprint density at radius 1 is 0.941 bits per heavy atom. The van der Waals surface area contributed by atoms with E-state index >= 15 is 0 Å². The van der Waals surface area contributed by atoms with E-state index in [4.69, 9.17) is 11.6 Å². The first-order chi connectivity index (χ1) is 8.18. The topological polar surface area (TPSA) is 25.8 Å². The molecule has 1 aromatic heterocycles. The Balaban J connectivity index is 2.19. The third-order valence-electron chi connectivity index (χ3n) is 3.82. The van der Waals surface area contributed by atoms with E-state index in [0.29, 0.717) is 11.1 Å². The van der Waals surface area contributed by atoms with Crippen molar-refractivity contribution in [1.82, 2.24) is 9.97 Å². The van der Waals surface area contributed by atoms with Crippen molar-refractivity contribution in [2.75, 3.05) is 0 Å². The lowest BCUT2D eigenvalue weighted by Crippen LogP contribution is -2.09. The number of halogens is 1. The molecule has 0 spiro atoms. The smallest absolute Gasteiger partial charge is 0.135 e. The van der Waals surface area contributed by atoms with E-state index < -0.39 is 0 Å². The van der Waals surface area contributed by atoms with Crippen LogP contribution in [0.5, 0.6) is 0 Å². The largest absolute Gasteiger partial charge is 0.238 e. The summed E-state index contributed by atoms with van der Waals surface area (Å²) in [6.07, 6.45) is 9.15. The molecule has 0 N–H and O–H groups in total. The zero-order valence-corrected chi connectivity index (χ0v) is 11.6. The van der Waals surface area contributed by atoms with E-state index in [9.17, 15) is 0 Å². The molecule has 1 heterocycles. The zero-order valence-electron chi connectivity index (χ0n) is 10.8. The number of aryl methyl sites for hydroxylation is 1. The first-order valence-electron chi connectivity index (χ1n) is 6.69. The SMILES string of the molecule is Cc1nc(C2CCCCCCC2)nc(Cl)c1C. The maximum atomic E-state index is 6.16. The molecule has 0 aliphatic heterocycles. The number of rotatable bonds is 1. The maximum absolute atomic E-state index is 6.16. The fourth-order valence-electron chi connectivity index (χ4n) is 2.51. The first kappa shape index (κ1) is 12.8. The Labute approximate surface area is 109 Å². The summed E-state index contributed by atoms with van der Waals surface area (Å²) >= 11 is 6.16. The van der Waals surface area contributed by atoms with E-state index in [-0.39, 0.29) is 0 Å². The van der Waals surface area contributed by atoms with Gasteiger partial charge in [-0.1, -0.05) is 43.7 Å². The molecule has 2 rings (SSSR count). The summed E-state index contributed by atoms with van der Waals surface area (Å²) in [5.41, 5.74) is 2.04. The van der Waals surface area contributed by atoms with Crippen LogP contribution in [0.25, 0.3) is 0 Å². The van der Waals surface area contributed by atoms with Gasteiger partial charge in [0.05, 0.1) is 0 Å². The van der Waals surface area contributed by atoms with Crippen LogP contribution in [-0.2, 0) is 0 Å². The Bertz CT molecular complexity index is 359. The summed E-state index contributed by atoms with van der Waals surface area (Å²) in [4.78, 5) is 9.12. The highest BCUT2D eigenvalue weighted by atomic mass is 35.5. The van der Waals surface area contributed by atoms with Crippen molar-refractivity contribution in [3.05, 3.63) is 22.2 Å². The second-order valence-electron chi connectivity index (χ2n) is 5.13. The lowest BCUT2D eigenvalue weighted by Gasteiger charge is -2.19. The third-order valence-corrected chi connectivity index (χ3v) is 4.19. The molecule has 1 aromatic rings. The second-order valence-corrected chi connectivity index (χ2v) is 5.48. The molecule has 1 fully saturated rings. The highest BCUT2D eigenvalue weighted by molar-refractivity contribution is 6.30. The lowest BCUT2D eigenvalue weighted by molar-refractivity contribution is 0.441. The van der Waals surface area contributed by atoms with Crippen molar-refractivity contribution in [3.8, 4) is 0 Å². The predicted octanol–water partition coefficient (Wildman–Crippen LogP) is 4.57. The van der Waals surface area contributed by atoms with Crippen LogP contribution in [-0.4, -0.2) is 9.97 Å².